The van der Waals surface area contributed by atoms with Crippen LogP contribution in [0.4, 0.5) is 0 Å². The molecule has 2 rings (SSSR count). The molecule has 0 spiro atoms. The molecule has 1 aromatic carbocycles. The smallest absolute Gasteiger partial charge is 0.373 e. The molecule has 17 heavy (non-hydrogen) atoms. The largest absolute Gasteiger partial charge is 0.475 e. The lowest BCUT2D eigenvalue weighted by molar-refractivity contribution is 0.0662. The zero-order chi connectivity index (χ0) is 12.6. The first-order chi connectivity index (χ1) is 7.99. The van der Waals surface area contributed by atoms with Crippen molar-refractivity contribution in [3.05, 3.63) is 40.8 Å². The number of nitrogens with zero attached hydrogens (tertiary/aromatic N) is 1. The Bertz CT molecular complexity index is 584. The molecular weight excluding hydrogens is 218 g/mol. The van der Waals surface area contributed by atoms with Crippen LogP contribution >= 0.6 is 0 Å². The van der Waals surface area contributed by atoms with Gasteiger partial charge in [0.15, 0.2) is 0 Å². The SMILES string of the molecule is Cc1ccc(-c2nc(C)c(C(=O)O)o2)cc1C. The van der Waals surface area contributed by atoms with Crippen molar-refractivity contribution < 1.29 is 14.3 Å². The second-order valence-electron chi connectivity index (χ2n) is 4.04. The molecule has 0 fully saturated rings. The first-order valence-electron chi connectivity index (χ1n) is 5.27. The van der Waals surface area contributed by atoms with Crippen molar-refractivity contribution in [2.24, 2.45) is 0 Å². The second-order valence-corrected chi connectivity index (χ2v) is 4.04. The van der Waals surface area contributed by atoms with E-state index in [1.165, 1.54) is 5.56 Å². The molecular formula is C13H13NO3. The summed E-state index contributed by atoms with van der Waals surface area (Å²) >= 11 is 0. The van der Waals surface area contributed by atoms with E-state index in [0.717, 1.165) is 11.1 Å². The third-order valence-corrected chi connectivity index (χ3v) is 2.74. The number of benzene rings is 1. The van der Waals surface area contributed by atoms with Crippen molar-refractivity contribution in [1.29, 1.82) is 0 Å². The van der Waals surface area contributed by atoms with Gasteiger partial charge in [-0.05, 0) is 44.0 Å². The molecule has 0 saturated heterocycles. The maximum Gasteiger partial charge on any atom is 0.373 e. The molecule has 88 valence electrons. The Hall–Kier alpha value is -2.10. The molecule has 0 bridgehead atoms. The normalized spacial score (nSPS) is 10.5. The van der Waals surface area contributed by atoms with Gasteiger partial charge in [0, 0.05) is 5.56 Å². The fraction of sp³-hybridized carbons (Fsp3) is 0.231. The van der Waals surface area contributed by atoms with Crippen LogP contribution in [0.2, 0.25) is 0 Å². The molecule has 0 saturated carbocycles. The Labute approximate surface area is 98.9 Å². The minimum absolute atomic E-state index is 0.0989. The van der Waals surface area contributed by atoms with E-state index in [4.69, 9.17) is 9.52 Å². The summed E-state index contributed by atoms with van der Waals surface area (Å²) in [4.78, 5) is 15.0. The number of oxazole rings is 1. The van der Waals surface area contributed by atoms with Crippen molar-refractivity contribution in [2.75, 3.05) is 0 Å². The number of carbonyl (C=O) groups is 1. The van der Waals surface area contributed by atoms with Gasteiger partial charge < -0.3 is 9.52 Å². The summed E-state index contributed by atoms with van der Waals surface area (Å²) in [7, 11) is 0. The van der Waals surface area contributed by atoms with Gasteiger partial charge in [0.25, 0.3) is 0 Å². The van der Waals surface area contributed by atoms with Gasteiger partial charge in [-0.3, -0.25) is 0 Å². The molecule has 4 heteroatoms. The van der Waals surface area contributed by atoms with Gasteiger partial charge in [-0.15, -0.1) is 0 Å². The summed E-state index contributed by atoms with van der Waals surface area (Å²) in [6, 6.07) is 5.77. The molecule has 0 unspecified atom stereocenters. The molecule has 1 aromatic heterocycles. The van der Waals surface area contributed by atoms with E-state index in [1.807, 2.05) is 32.0 Å². The highest BCUT2D eigenvalue weighted by Crippen LogP contribution is 2.23. The number of rotatable bonds is 2. The molecule has 0 amide bonds. The van der Waals surface area contributed by atoms with E-state index >= 15 is 0 Å². The minimum atomic E-state index is -1.09. The van der Waals surface area contributed by atoms with E-state index in [9.17, 15) is 4.79 Å². The Morgan fingerprint density at radius 3 is 2.47 bits per heavy atom. The monoisotopic (exact) mass is 231 g/mol. The predicted molar refractivity (Wildman–Crippen MR) is 63.1 cm³/mol. The number of aryl methyl sites for hydroxylation is 3. The first kappa shape index (κ1) is 11.4. The molecule has 1 N–H and O–H groups in total. The topological polar surface area (TPSA) is 63.3 Å². The average molecular weight is 231 g/mol. The summed E-state index contributed by atoms with van der Waals surface area (Å²) in [5.74, 6) is -0.841. The van der Waals surface area contributed by atoms with Crippen LogP contribution in [0.25, 0.3) is 11.5 Å². The van der Waals surface area contributed by atoms with Crippen LogP contribution in [-0.2, 0) is 0 Å². The lowest BCUT2D eigenvalue weighted by Gasteiger charge is -2.01. The van der Waals surface area contributed by atoms with Crippen molar-refractivity contribution >= 4 is 5.97 Å². The standard InChI is InChI=1S/C13H13NO3/c1-7-4-5-10(6-8(7)2)12-14-9(3)11(17-12)13(15)16/h4-6H,1-3H3,(H,15,16). The number of carboxylic acid groups (broad SMARTS) is 1. The zero-order valence-electron chi connectivity index (χ0n) is 9.94. The first-order valence-corrected chi connectivity index (χ1v) is 5.27. The molecule has 0 atom stereocenters. The van der Waals surface area contributed by atoms with E-state index in [1.54, 1.807) is 6.92 Å². The predicted octanol–water partition coefficient (Wildman–Crippen LogP) is 2.97. The minimum Gasteiger partial charge on any atom is -0.475 e. The van der Waals surface area contributed by atoms with Crippen molar-refractivity contribution in [3.63, 3.8) is 0 Å². The Morgan fingerprint density at radius 2 is 1.94 bits per heavy atom. The van der Waals surface area contributed by atoms with Crippen LogP contribution in [0, 0.1) is 20.8 Å². The number of hydrogen-bond donors (Lipinski definition) is 1. The maximum atomic E-state index is 10.9. The third-order valence-electron chi connectivity index (χ3n) is 2.74. The number of hydrogen-bond acceptors (Lipinski definition) is 3. The van der Waals surface area contributed by atoms with E-state index in [2.05, 4.69) is 4.98 Å². The fourth-order valence-corrected chi connectivity index (χ4v) is 1.59. The van der Waals surface area contributed by atoms with Gasteiger partial charge in [-0.1, -0.05) is 6.07 Å². The Kier molecular flexibility index (Phi) is 2.71. The Morgan fingerprint density at radius 1 is 1.24 bits per heavy atom. The van der Waals surface area contributed by atoms with Crippen LogP contribution in [0.3, 0.4) is 0 Å². The molecule has 1 heterocycles. The lowest BCUT2D eigenvalue weighted by Crippen LogP contribution is -1.95. The highest BCUT2D eigenvalue weighted by molar-refractivity contribution is 5.86. The van der Waals surface area contributed by atoms with Crippen LogP contribution in [0.1, 0.15) is 27.4 Å². The van der Waals surface area contributed by atoms with Crippen molar-refractivity contribution in [3.8, 4) is 11.5 Å². The third kappa shape index (κ3) is 2.06. The quantitative estimate of drug-likeness (QED) is 0.863. The number of aromatic nitrogens is 1. The molecule has 0 aliphatic carbocycles. The van der Waals surface area contributed by atoms with Crippen molar-refractivity contribution in [2.45, 2.75) is 20.8 Å². The zero-order valence-corrected chi connectivity index (χ0v) is 9.94. The maximum absolute atomic E-state index is 10.9. The van der Waals surface area contributed by atoms with Gasteiger partial charge in [0.2, 0.25) is 11.7 Å². The summed E-state index contributed by atoms with van der Waals surface area (Å²) < 4.78 is 5.25. The molecule has 0 aliphatic heterocycles. The van der Waals surface area contributed by atoms with Gasteiger partial charge in [0.05, 0.1) is 5.69 Å². The molecule has 0 radical (unpaired) electrons. The van der Waals surface area contributed by atoms with Gasteiger partial charge in [0.1, 0.15) is 0 Å². The number of carboxylic acids is 1. The van der Waals surface area contributed by atoms with Gasteiger partial charge >= 0.3 is 5.97 Å². The molecule has 0 aliphatic rings. The van der Waals surface area contributed by atoms with Crippen LogP contribution in [-0.4, -0.2) is 16.1 Å². The van der Waals surface area contributed by atoms with Gasteiger partial charge in [-0.2, -0.15) is 0 Å². The van der Waals surface area contributed by atoms with Crippen LogP contribution in [0.15, 0.2) is 22.6 Å². The van der Waals surface area contributed by atoms with E-state index in [0.29, 0.717) is 11.6 Å². The molecule has 2 aromatic rings. The fourth-order valence-electron chi connectivity index (χ4n) is 1.59. The average Bonchev–Trinajstić information content (AvgIpc) is 2.64. The van der Waals surface area contributed by atoms with Crippen LogP contribution in [0.5, 0.6) is 0 Å². The lowest BCUT2D eigenvalue weighted by atomic mass is 10.1. The highest BCUT2D eigenvalue weighted by Gasteiger charge is 2.17. The number of aromatic carboxylic acids is 1. The van der Waals surface area contributed by atoms with Gasteiger partial charge in [-0.25, -0.2) is 9.78 Å². The summed E-state index contributed by atoms with van der Waals surface area (Å²) in [6.07, 6.45) is 0. The second kappa shape index (κ2) is 4.05. The Balaban J connectivity index is 2.50. The summed E-state index contributed by atoms with van der Waals surface area (Å²) in [5.41, 5.74) is 3.49. The van der Waals surface area contributed by atoms with E-state index < -0.39 is 5.97 Å². The molecule has 4 nitrogen and oxygen atoms in total. The van der Waals surface area contributed by atoms with E-state index in [-0.39, 0.29) is 5.76 Å². The summed E-state index contributed by atoms with van der Waals surface area (Å²) in [6.45, 7) is 5.63. The highest BCUT2D eigenvalue weighted by atomic mass is 16.4. The summed E-state index contributed by atoms with van der Waals surface area (Å²) in [5, 5.41) is 8.89. The van der Waals surface area contributed by atoms with Crippen molar-refractivity contribution in [1.82, 2.24) is 4.98 Å². The van der Waals surface area contributed by atoms with Crippen LogP contribution < -0.4 is 0 Å².